The number of carbonyl (C=O) groups excluding carboxylic acids is 1. The number of rotatable bonds is 3. The third-order valence-electron chi connectivity index (χ3n) is 4.06. The van der Waals surface area contributed by atoms with E-state index in [9.17, 15) is 15.0 Å². The first-order valence-electron chi connectivity index (χ1n) is 7.05. The molecule has 2 aromatic carbocycles. The molecule has 0 bridgehead atoms. The number of hydrogen-bond acceptors (Lipinski definition) is 5. The first-order valence-corrected chi connectivity index (χ1v) is 7.05. The number of benzene rings is 2. The van der Waals surface area contributed by atoms with Crippen LogP contribution in [0.2, 0.25) is 0 Å². The van der Waals surface area contributed by atoms with E-state index >= 15 is 0 Å². The Morgan fingerprint density at radius 3 is 2.43 bits per heavy atom. The fraction of sp³-hybridized carbons (Fsp3) is 0.235. The minimum atomic E-state index is -1.82. The lowest BCUT2D eigenvalue weighted by atomic mass is 9.77. The van der Waals surface area contributed by atoms with Gasteiger partial charge in [0.15, 0.2) is 11.7 Å². The third kappa shape index (κ3) is 2.23. The molecule has 0 fully saturated rings. The highest BCUT2D eigenvalue weighted by atomic mass is 16.5. The second-order valence-corrected chi connectivity index (χ2v) is 5.30. The van der Waals surface area contributed by atoms with E-state index in [0.717, 1.165) is 0 Å². The van der Waals surface area contributed by atoms with Crippen molar-refractivity contribution >= 4 is 11.6 Å². The molecule has 0 saturated carbocycles. The molecule has 1 aliphatic rings. The van der Waals surface area contributed by atoms with Gasteiger partial charge in [0, 0.05) is 7.11 Å². The Bertz CT molecular complexity index is 743. The van der Waals surface area contributed by atoms with Crippen molar-refractivity contribution < 1.29 is 24.5 Å². The second kappa shape index (κ2) is 5.57. The van der Waals surface area contributed by atoms with Gasteiger partial charge in [-0.05, 0) is 29.8 Å². The Morgan fingerprint density at radius 1 is 1.13 bits per heavy atom. The van der Waals surface area contributed by atoms with Crippen molar-refractivity contribution in [3.63, 3.8) is 0 Å². The lowest BCUT2D eigenvalue weighted by Crippen LogP contribution is -2.52. The van der Waals surface area contributed by atoms with Gasteiger partial charge in [0.05, 0.1) is 18.4 Å². The van der Waals surface area contributed by atoms with E-state index in [0.29, 0.717) is 17.0 Å². The lowest BCUT2D eigenvalue weighted by molar-refractivity contribution is -0.142. The average Bonchev–Trinajstić information content (AvgIpc) is 2.55. The quantitative estimate of drug-likeness (QED) is 0.801. The molecule has 6 heteroatoms. The van der Waals surface area contributed by atoms with Gasteiger partial charge in [-0.3, -0.25) is 4.79 Å². The zero-order chi connectivity index (χ0) is 16.6. The average molecular weight is 315 g/mol. The van der Waals surface area contributed by atoms with Gasteiger partial charge in [-0.15, -0.1) is 0 Å². The van der Waals surface area contributed by atoms with Gasteiger partial charge in [-0.2, -0.15) is 0 Å². The summed E-state index contributed by atoms with van der Waals surface area (Å²) in [6.45, 7) is 0. The number of methoxy groups -OCH3 is 2. The van der Waals surface area contributed by atoms with Crippen molar-refractivity contribution in [2.24, 2.45) is 0 Å². The zero-order valence-electron chi connectivity index (χ0n) is 12.7. The molecule has 1 heterocycles. The van der Waals surface area contributed by atoms with Crippen LogP contribution in [0.1, 0.15) is 11.1 Å². The molecule has 0 saturated heterocycles. The largest absolute Gasteiger partial charge is 0.507 e. The standard InChI is InChI=1S/C17H17NO5/c1-22-11-8-6-10(7-9-11)17(21)14-12(4-3-5-13(14)19)18-16(20)15(17)23-2/h3-9,15,19,21H,1-2H3,(H,18,20)/t15-,17-/m1/s1. The van der Waals surface area contributed by atoms with E-state index in [4.69, 9.17) is 9.47 Å². The minimum absolute atomic E-state index is 0.122. The van der Waals surface area contributed by atoms with E-state index in [1.54, 1.807) is 36.4 Å². The van der Waals surface area contributed by atoms with E-state index in [1.807, 2.05) is 0 Å². The van der Waals surface area contributed by atoms with E-state index in [2.05, 4.69) is 5.32 Å². The molecule has 23 heavy (non-hydrogen) atoms. The molecule has 0 aliphatic carbocycles. The summed E-state index contributed by atoms with van der Waals surface area (Å²) in [6, 6.07) is 11.3. The number of phenols is 1. The van der Waals surface area contributed by atoms with Crippen molar-refractivity contribution in [3.8, 4) is 11.5 Å². The summed E-state index contributed by atoms with van der Waals surface area (Å²) < 4.78 is 10.4. The van der Waals surface area contributed by atoms with Crippen molar-refractivity contribution in [2.75, 3.05) is 19.5 Å². The molecular formula is C17H17NO5. The summed E-state index contributed by atoms with van der Waals surface area (Å²) in [7, 11) is 2.88. The van der Waals surface area contributed by atoms with Crippen LogP contribution >= 0.6 is 0 Å². The Hall–Kier alpha value is -2.57. The molecule has 1 aliphatic heterocycles. The number of carbonyl (C=O) groups is 1. The summed E-state index contributed by atoms with van der Waals surface area (Å²) in [5, 5.41) is 24.3. The van der Waals surface area contributed by atoms with Crippen LogP contribution in [0.15, 0.2) is 42.5 Å². The van der Waals surface area contributed by atoms with Gasteiger partial charge in [0.2, 0.25) is 0 Å². The molecule has 2 aromatic rings. The first-order chi connectivity index (χ1) is 11.0. The van der Waals surface area contributed by atoms with Gasteiger partial charge in [0.25, 0.3) is 5.91 Å². The fourth-order valence-electron chi connectivity index (χ4n) is 2.98. The topological polar surface area (TPSA) is 88.0 Å². The summed E-state index contributed by atoms with van der Waals surface area (Å²) >= 11 is 0. The third-order valence-corrected chi connectivity index (χ3v) is 4.06. The molecule has 0 radical (unpaired) electrons. The Morgan fingerprint density at radius 2 is 1.83 bits per heavy atom. The van der Waals surface area contributed by atoms with Crippen LogP contribution < -0.4 is 10.1 Å². The van der Waals surface area contributed by atoms with Gasteiger partial charge >= 0.3 is 0 Å². The number of ether oxygens (including phenoxy) is 2. The molecular weight excluding hydrogens is 298 g/mol. The number of anilines is 1. The maximum absolute atomic E-state index is 12.3. The van der Waals surface area contributed by atoms with Gasteiger partial charge in [-0.1, -0.05) is 18.2 Å². The number of amides is 1. The lowest BCUT2D eigenvalue weighted by Gasteiger charge is -2.40. The molecule has 0 aromatic heterocycles. The molecule has 0 spiro atoms. The van der Waals surface area contributed by atoms with Crippen molar-refractivity contribution in [3.05, 3.63) is 53.6 Å². The highest BCUT2D eigenvalue weighted by Gasteiger charge is 2.51. The highest BCUT2D eigenvalue weighted by Crippen LogP contribution is 2.46. The molecule has 0 unspecified atom stereocenters. The number of aromatic hydroxyl groups is 1. The second-order valence-electron chi connectivity index (χ2n) is 5.30. The summed E-state index contributed by atoms with van der Waals surface area (Å²) in [5.74, 6) is 0.0101. The predicted molar refractivity (Wildman–Crippen MR) is 83.5 cm³/mol. The Balaban J connectivity index is 2.25. The Kier molecular flexibility index (Phi) is 3.71. The first kappa shape index (κ1) is 15.3. The summed E-state index contributed by atoms with van der Waals surface area (Å²) in [5.41, 5.74) is -0.842. The maximum Gasteiger partial charge on any atom is 0.257 e. The Labute approximate surface area is 133 Å². The molecule has 120 valence electrons. The van der Waals surface area contributed by atoms with Crippen LogP contribution in [-0.4, -0.2) is 36.4 Å². The predicted octanol–water partition coefficient (Wildman–Crippen LogP) is 1.60. The number of phenolic OH excluding ortho intramolecular Hbond substituents is 1. The van der Waals surface area contributed by atoms with E-state index in [1.165, 1.54) is 20.3 Å². The number of nitrogens with one attached hydrogen (secondary N) is 1. The van der Waals surface area contributed by atoms with Crippen LogP contribution in [0, 0.1) is 0 Å². The van der Waals surface area contributed by atoms with Gasteiger partial charge in [0.1, 0.15) is 11.5 Å². The molecule has 3 N–H and O–H groups in total. The van der Waals surface area contributed by atoms with Crippen molar-refractivity contribution in [2.45, 2.75) is 11.7 Å². The van der Waals surface area contributed by atoms with E-state index < -0.39 is 17.6 Å². The number of aliphatic hydroxyl groups is 1. The molecule has 1 amide bonds. The SMILES string of the molecule is COc1ccc([C@@]2(O)c3c(O)cccc3NC(=O)[C@H]2OC)cc1. The zero-order valence-corrected chi connectivity index (χ0v) is 12.7. The smallest absolute Gasteiger partial charge is 0.257 e. The normalized spacial score (nSPS) is 23.1. The van der Waals surface area contributed by atoms with Crippen LogP contribution in [0.25, 0.3) is 0 Å². The van der Waals surface area contributed by atoms with Crippen LogP contribution in [0.5, 0.6) is 11.5 Å². The maximum atomic E-state index is 12.3. The van der Waals surface area contributed by atoms with Crippen molar-refractivity contribution in [1.82, 2.24) is 0 Å². The fourth-order valence-corrected chi connectivity index (χ4v) is 2.98. The van der Waals surface area contributed by atoms with Crippen LogP contribution in [-0.2, 0) is 15.1 Å². The van der Waals surface area contributed by atoms with Gasteiger partial charge in [-0.25, -0.2) is 0 Å². The molecule has 6 nitrogen and oxygen atoms in total. The summed E-state index contributed by atoms with van der Waals surface area (Å²) in [6.07, 6.45) is -1.20. The number of fused-ring (bicyclic) bond motifs is 1. The van der Waals surface area contributed by atoms with Crippen LogP contribution in [0.4, 0.5) is 5.69 Å². The van der Waals surface area contributed by atoms with Crippen LogP contribution in [0.3, 0.4) is 0 Å². The number of hydrogen-bond donors (Lipinski definition) is 3. The highest BCUT2D eigenvalue weighted by molar-refractivity contribution is 6.00. The molecule has 3 rings (SSSR count). The molecule has 2 atom stereocenters. The summed E-state index contributed by atoms with van der Waals surface area (Å²) in [4.78, 5) is 12.3. The van der Waals surface area contributed by atoms with Crippen molar-refractivity contribution in [1.29, 1.82) is 0 Å². The van der Waals surface area contributed by atoms with Gasteiger partial charge < -0.3 is 25.0 Å². The van der Waals surface area contributed by atoms with E-state index in [-0.39, 0.29) is 11.3 Å². The minimum Gasteiger partial charge on any atom is -0.507 e. The monoisotopic (exact) mass is 315 g/mol.